The van der Waals surface area contributed by atoms with Crippen LogP contribution >= 0.6 is 34.8 Å². The molecule has 0 aliphatic rings. The Balaban J connectivity index is 2.27. The van der Waals surface area contributed by atoms with Gasteiger partial charge in [0.05, 0.1) is 21.1 Å². The molecule has 1 heterocycles. The summed E-state index contributed by atoms with van der Waals surface area (Å²) in [5.74, 6) is 0.857. The van der Waals surface area contributed by atoms with E-state index in [0.29, 0.717) is 27.9 Å². The maximum absolute atomic E-state index is 13.4. The van der Waals surface area contributed by atoms with Gasteiger partial charge in [-0.3, -0.25) is 4.57 Å². The van der Waals surface area contributed by atoms with Crippen molar-refractivity contribution in [3.63, 3.8) is 0 Å². The number of rotatable bonds is 3. The van der Waals surface area contributed by atoms with Gasteiger partial charge in [-0.1, -0.05) is 23.2 Å². The number of imidazole rings is 1. The van der Waals surface area contributed by atoms with E-state index in [-0.39, 0.29) is 5.82 Å². The van der Waals surface area contributed by atoms with E-state index in [1.165, 1.54) is 12.1 Å². The van der Waals surface area contributed by atoms with E-state index >= 15 is 0 Å². The zero-order valence-corrected chi connectivity index (χ0v) is 13.1. The van der Waals surface area contributed by atoms with E-state index < -0.39 is 0 Å². The summed E-state index contributed by atoms with van der Waals surface area (Å²) in [4.78, 5) is 4.45. The summed E-state index contributed by atoms with van der Waals surface area (Å²) >= 11 is 17.9. The lowest BCUT2D eigenvalue weighted by molar-refractivity contribution is 0.629. The maximum atomic E-state index is 13.4. The van der Waals surface area contributed by atoms with Crippen molar-refractivity contribution in [1.82, 2.24) is 9.55 Å². The highest BCUT2D eigenvalue weighted by molar-refractivity contribution is 6.42. The zero-order chi connectivity index (χ0) is 15.0. The Morgan fingerprint density at radius 2 is 1.86 bits per heavy atom. The minimum absolute atomic E-state index is 0.321. The molecule has 0 unspecified atom stereocenters. The summed E-state index contributed by atoms with van der Waals surface area (Å²) in [6.07, 6.45) is 0.568. The number of aromatic nitrogens is 2. The van der Waals surface area contributed by atoms with Crippen molar-refractivity contribution < 1.29 is 4.39 Å². The van der Waals surface area contributed by atoms with Crippen LogP contribution in [0.15, 0.2) is 36.4 Å². The van der Waals surface area contributed by atoms with Gasteiger partial charge in [-0.05, 0) is 30.3 Å². The number of alkyl halides is 1. The van der Waals surface area contributed by atoms with Gasteiger partial charge in [0.25, 0.3) is 0 Å². The smallest absolute Gasteiger partial charge is 0.125 e. The summed E-state index contributed by atoms with van der Waals surface area (Å²) < 4.78 is 15.3. The highest BCUT2D eigenvalue weighted by Crippen LogP contribution is 2.28. The van der Waals surface area contributed by atoms with E-state index in [0.717, 1.165) is 17.0 Å². The number of aryl methyl sites for hydroxylation is 1. The number of halogens is 4. The number of benzene rings is 2. The summed E-state index contributed by atoms with van der Waals surface area (Å²) in [6.45, 7) is 0. The van der Waals surface area contributed by atoms with Gasteiger partial charge < -0.3 is 0 Å². The van der Waals surface area contributed by atoms with Crippen LogP contribution in [0, 0.1) is 5.82 Å². The van der Waals surface area contributed by atoms with Gasteiger partial charge in [-0.2, -0.15) is 0 Å². The molecule has 2 aromatic carbocycles. The molecule has 21 heavy (non-hydrogen) atoms. The fourth-order valence-corrected chi connectivity index (χ4v) is 2.73. The Kier molecular flexibility index (Phi) is 4.07. The van der Waals surface area contributed by atoms with Gasteiger partial charge in [-0.15, -0.1) is 11.6 Å². The monoisotopic (exact) mass is 342 g/mol. The van der Waals surface area contributed by atoms with Crippen molar-refractivity contribution in [1.29, 1.82) is 0 Å². The second-order valence-electron chi connectivity index (χ2n) is 4.53. The van der Waals surface area contributed by atoms with Crippen LogP contribution in [-0.4, -0.2) is 15.4 Å². The highest BCUT2D eigenvalue weighted by atomic mass is 35.5. The topological polar surface area (TPSA) is 17.8 Å². The Morgan fingerprint density at radius 3 is 2.57 bits per heavy atom. The fourth-order valence-electron chi connectivity index (χ4n) is 2.27. The molecular weight excluding hydrogens is 334 g/mol. The van der Waals surface area contributed by atoms with Crippen LogP contribution in [-0.2, 0) is 6.42 Å². The molecule has 0 bridgehead atoms. The first-order valence-electron chi connectivity index (χ1n) is 6.28. The van der Waals surface area contributed by atoms with Crippen molar-refractivity contribution in [2.24, 2.45) is 0 Å². The Labute approximate surface area is 136 Å². The highest BCUT2D eigenvalue weighted by Gasteiger charge is 2.13. The number of hydrogen-bond acceptors (Lipinski definition) is 1. The average Bonchev–Trinajstić information content (AvgIpc) is 2.79. The molecule has 0 aliphatic heterocycles. The summed E-state index contributed by atoms with van der Waals surface area (Å²) in [5, 5.41) is 0.935. The molecule has 0 N–H and O–H groups in total. The summed E-state index contributed by atoms with van der Waals surface area (Å²) in [7, 11) is 0. The van der Waals surface area contributed by atoms with Crippen LogP contribution < -0.4 is 0 Å². The maximum Gasteiger partial charge on any atom is 0.125 e. The molecule has 0 amide bonds. The molecule has 0 atom stereocenters. The normalized spacial score (nSPS) is 11.2. The molecule has 0 saturated heterocycles. The molecule has 6 heteroatoms. The third-order valence-electron chi connectivity index (χ3n) is 3.17. The van der Waals surface area contributed by atoms with Crippen LogP contribution in [0.3, 0.4) is 0 Å². The van der Waals surface area contributed by atoms with Crippen LogP contribution in [0.4, 0.5) is 4.39 Å². The van der Waals surface area contributed by atoms with Crippen LogP contribution in [0.5, 0.6) is 0 Å². The third kappa shape index (κ3) is 2.73. The molecule has 3 aromatic rings. The molecular formula is C15H10Cl3FN2. The Morgan fingerprint density at radius 1 is 1.05 bits per heavy atom. The molecule has 108 valence electrons. The number of nitrogens with zero attached hydrogens (tertiary/aromatic N) is 2. The molecule has 0 spiro atoms. The van der Waals surface area contributed by atoms with E-state index in [1.54, 1.807) is 18.2 Å². The number of hydrogen-bond donors (Lipinski definition) is 0. The minimum Gasteiger partial charge on any atom is -0.296 e. The molecule has 3 rings (SSSR count). The van der Waals surface area contributed by atoms with Gasteiger partial charge in [-0.25, -0.2) is 9.37 Å². The van der Waals surface area contributed by atoms with E-state index in [9.17, 15) is 4.39 Å². The Bertz CT molecular complexity index is 814. The van der Waals surface area contributed by atoms with E-state index in [2.05, 4.69) is 4.98 Å². The lowest BCUT2D eigenvalue weighted by Crippen LogP contribution is -2.02. The second-order valence-corrected chi connectivity index (χ2v) is 5.73. The summed E-state index contributed by atoms with van der Waals surface area (Å²) in [5.41, 5.74) is 2.20. The molecule has 1 aromatic heterocycles. The first-order valence-corrected chi connectivity index (χ1v) is 7.57. The molecule has 0 fully saturated rings. The SMILES string of the molecule is Fc1ccc2c(c1)nc(CCCl)n2-c1ccc(Cl)c(Cl)c1. The fraction of sp³-hybridized carbons (Fsp3) is 0.133. The third-order valence-corrected chi connectivity index (χ3v) is 4.09. The van der Waals surface area contributed by atoms with Gasteiger partial charge in [0.1, 0.15) is 11.6 Å². The van der Waals surface area contributed by atoms with Gasteiger partial charge in [0.15, 0.2) is 0 Å². The number of fused-ring (bicyclic) bond motifs is 1. The molecule has 0 aliphatic carbocycles. The van der Waals surface area contributed by atoms with E-state index in [1.807, 2.05) is 10.6 Å². The van der Waals surface area contributed by atoms with Crippen LogP contribution in [0.1, 0.15) is 5.82 Å². The van der Waals surface area contributed by atoms with Crippen LogP contribution in [0.2, 0.25) is 10.0 Å². The molecule has 0 saturated carbocycles. The standard InChI is InChI=1S/C15H10Cl3FN2/c16-6-5-15-20-13-7-9(19)1-4-14(13)21(15)10-2-3-11(17)12(18)8-10/h1-4,7-8H,5-6H2. The predicted molar refractivity (Wildman–Crippen MR) is 85.5 cm³/mol. The quantitative estimate of drug-likeness (QED) is 0.594. The summed E-state index contributed by atoms with van der Waals surface area (Å²) in [6, 6.07) is 9.82. The van der Waals surface area contributed by atoms with Gasteiger partial charge in [0.2, 0.25) is 0 Å². The Hall–Kier alpha value is -1.29. The average molecular weight is 344 g/mol. The molecule has 0 radical (unpaired) electrons. The largest absolute Gasteiger partial charge is 0.296 e. The van der Waals surface area contributed by atoms with Crippen molar-refractivity contribution in [2.75, 3.05) is 5.88 Å². The van der Waals surface area contributed by atoms with E-state index in [4.69, 9.17) is 34.8 Å². The predicted octanol–water partition coefficient (Wildman–Crippen LogP) is 5.25. The van der Waals surface area contributed by atoms with Gasteiger partial charge >= 0.3 is 0 Å². The second kappa shape index (κ2) is 5.84. The first-order chi connectivity index (χ1) is 10.1. The zero-order valence-electron chi connectivity index (χ0n) is 10.8. The van der Waals surface area contributed by atoms with Crippen molar-refractivity contribution >= 4 is 45.8 Å². The van der Waals surface area contributed by atoms with Crippen molar-refractivity contribution in [3.8, 4) is 5.69 Å². The van der Waals surface area contributed by atoms with Crippen molar-refractivity contribution in [2.45, 2.75) is 6.42 Å². The van der Waals surface area contributed by atoms with Crippen LogP contribution in [0.25, 0.3) is 16.7 Å². The first kappa shape index (κ1) is 14.6. The lowest BCUT2D eigenvalue weighted by Gasteiger charge is -2.09. The minimum atomic E-state index is -0.321. The lowest BCUT2D eigenvalue weighted by atomic mass is 10.2. The van der Waals surface area contributed by atoms with Crippen molar-refractivity contribution in [3.05, 3.63) is 58.1 Å². The molecule has 2 nitrogen and oxygen atoms in total. The van der Waals surface area contributed by atoms with Gasteiger partial charge in [0, 0.05) is 24.1 Å².